The number of ether oxygens (including phenoxy) is 2. The monoisotopic (exact) mass is 454 g/mol. The molecule has 3 aromatic rings. The molecule has 0 saturated heterocycles. The zero-order valence-corrected chi connectivity index (χ0v) is 19.1. The fourth-order valence-electron chi connectivity index (χ4n) is 2.71. The fraction of sp³-hybridized carbons (Fsp3) is 0.304. The molecular formula is C23H26N4O4S. The fourth-order valence-corrected chi connectivity index (χ4v) is 3.44. The molecule has 0 atom stereocenters. The molecule has 0 spiro atoms. The average Bonchev–Trinajstić information content (AvgIpc) is 3.15. The van der Waals surface area contributed by atoms with E-state index in [4.69, 9.17) is 9.47 Å². The van der Waals surface area contributed by atoms with Gasteiger partial charge in [-0.15, -0.1) is 10.2 Å². The van der Waals surface area contributed by atoms with Crippen LogP contribution in [0.2, 0.25) is 0 Å². The Hall–Kier alpha value is -3.33. The number of esters is 1. The number of rotatable bonds is 10. The third kappa shape index (κ3) is 6.58. The number of amides is 1. The highest BCUT2D eigenvalue weighted by molar-refractivity contribution is 7.99. The molecule has 168 valence electrons. The quantitative estimate of drug-likeness (QED) is 0.365. The standard InChI is InChI=1S/C23H26N4O4S/c1-4-12-30-22(29)17-6-5-7-18(13-17)24-21(28)15-32-23-26-25-20(27(23)3)14-31-19-10-8-16(2)9-11-19/h5-11,13H,4,12,14-15H2,1-3H3,(H,24,28). The van der Waals surface area contributed by atoms with E-state index in [1.54, 1.807) is 28.8 Å². The average molecular weight is 455 g/mol. The number of hydrogen-bond donors (Lipinski definition) is 1. The molecule has 0 fully saturated rings. The summed E-state index contributed by atoms with van der Waals surface area (Å²) in [4.78, 5) is 24.3. The molecule has 1 amide bonds. The number of nitrogens with zero attached hydrogens (tertiary/aromatic N) is 3. The van der Waals surface area contributed by atoms with Crippen molar-refractivity contribution in [2.24, 2.45) is 7.05 Å². The van der Waals surface area contributed by atoms with E-state index in [1.165, 1.54) is 11.8 Å². The van der Waals surface area contributed by atoms with Gasteiger partial charge >= 0.3 is 5.97 Å². The van der Waals surface area contributed by atoms with Crippen LogP contribution in [0.4, 0.5) is 5.69 Å². The van der Waals surface area contributed by atoms with Crippen molar-refractivity contribution in [2.75, 3.05) is 17.7 Å². The molecule has 9 heteroatoms. The number of carbonyl (C=O) groups is 2. The summed E-state index contributed by atoms with van der Waals surface area (Å²) in [5, 5.41) is 11.7. The molecule has 32 heavy (non-hydrogen) atoms. The maximum atomic E-state index is 12.4. The maximum absolute atomic E-state index is 12.4. The van der Waals surface area contributed by atoms with Crippen molar-refractivity contribution in [2.45, 2.75) is 32.0 Å². The number of hydrogen-bond acceptors (Lipinski definition) is 7. The molecule has 8 nitrogen and oxygen atoms in total. The Morgan fingerprint density at radius 3 is 2.66 bits per heavy atom. The lowest BCUT2D eigenvalue weighted by Gasteiger charge is -2.08. The van der Waals surface area contributed by atoms with Crippen LogP contribution in [-0.2, 0) is 23.2 Å². The summed E-state index contributed by atoms with van der Waals surface area (Å²) >= 11 is 1.27. The Labute approximate surface area is 191 Å². The van der Waals surface area contributed by atoms with Crippen LogP contribution >= 0.6 is 11.8 Å². The van der Waals surface area contributed by atoms with Gasteiger partial charge in [0.1, 0.15) is 12.4 Å². The predicted molar refractivity (Wildman–Crippen MR) is 123 cm³/mol. The van der Waals surface area contributed by atoms with Crippen LogP contribution in [0.15, 0.2) is 53.7 Å². The van der Waals surface area contributed by atoms with Crippen LogP contribution < -0.4 is 10.1 Å². The smallest absolute Gasteiger partial charge is 0.338 e. The highest BCUT2D eigenvalue weighted by atomic mass is 32.2. The lowest BCUT2D eigenvalue weighted by atomic mass is 10.2. The van der Waals surface area contributed by atoms with Gasteiger partial charge in [0.2, 0.25) is 5.91 Å². The summed E-state index contributed by atoms with van der Waals surface area (Å²) in [6.45, 7) is 4.59. The summed E-state index contributed by atoms with van der Waals surface area (Å²) in [5.74, 6) is 0.945. The van der Waals surface area contributed by atoms with Crippen LogP contribution in [0.25, 0.3) is 0 Å². The largest absolute Gasteiger partial charge is 0.486 e. The molecule has 1 aromatic heterocycles. The van der Waals surface area contributed by atoms with Gasteiger partial charge < -0.3 is 19.4 Å². The lowest BCUT2D eigenvalue weighted by Crippen LogP contribution is -2.15. The molecule has 0 unspecified atom stereocenters. The van der Waals surface area contributed by atoms with Crippen molar-refractivity contribution in [3.8, 4) is 5.75 Å². The van der Waals surface area contributed by atoms with Crippen LogP contribution in [0, 0.1) is 6.92 Å². The third-order valence-corrected chi connectivity index (χ3v) is 5.49. The van der Waals surface area contributed by atoms with Crippen LogP contribution in [0.5, 0.6) is 5.75 Å². The molecule has 0 saturated carbocycles. The molecule has 1 N–H and O–H groups in total. The van der Waals surface area contributed by atoms with Gasteiger partial charge in [0.05, 0.1) is 17.9 Å². The van der Waals surface area contributed by atoms with E-state index in [1.807, 2.05) is 45.2 Å². The van der Waals surface area contributed by atoms with Crippen LogP contribution in [0.1, 0.15) is 35.1 Å². The van der Waals surface area contributed by atoms with Crippen molar-refractivity contribution in [3.63, 3.8) is 0 Å². The zero-order chi connectivity index (χ0) is 22.9. The van der Waals surface area contributed by atoms with Gasteiger partial charge in [-0.3, -0.25) is 4.79 Å². The lowest BCUT2D eigenvalue weighted by molar-refractivity contribution is -0.113. The predicted octanol–water partition coefficient (Wildman–Crippen LogP) is 4.00. The maximum Gasteiger partial charge on any atom is 0.338 e. The Morgan fingerprint density at radius 2 is 1.91 bits per heavy atom. The van der Waals surface area contributed by atoms with E-state index in [-0.39, 0.29) is 18.3 Å². The topological polar surface area (TPSA) is 95.3 Å². The molecule has 0 bridgehead atoms. The second-order valence-electron chi connectivity index (χ2n) is 7.11. The van der Waals surface area contributed by atoms with Gasteiger partial charge in [-0.1, -0.05) is 42.4 Å². The van der Waals surface area contributed by atoms with Gasteiger partial charge in [-0.2, -0.15) is 0 Å². The SMILES string of the molecule is CCCOC(=O)c1cccc(NC(=O)CSc2nnc(COc3ccc(C)cc3)n2C)c1. The number of anilines is 1. The van der Waals surface area contributed by atoms with E-state index in [9.17, 15) is 9.59 Å². The van der Waals surface area contributed by atoms with E-state index in [2.05, 4.69) is 15.5 Å². The van der Waals surface area contributed by atoms with Gasteiger partial charge in [-0.05, 0) is 43.7 Å². The second-order valence-corrected chi connectivity index (χ2v) is 8.06. The van der Waals surface area contributed by atoms with Crippen LogP contribution in [-0.4, -0.2) is 39.0 Å². The summed E-state index contributed by atoms with van der Waals surface area (Å²) in [7, 11) is 1.83. The van der Waals surface area contributed by atoms with E-state index < -0.39 is 5.97 Å². The van der Waals surface area contributed by atoms with Gasteiger partial charge in [0.25, 0.3) is 0 Å². The summed E-state index contributed by atoms with van der Waals surface area (Å²) in [6, 6.07) is 14.5. The number of aromatic nitrogens is 3. The third-order valence-electron chi connectivity index (χ3n) is 4.47. The first-order valence-corrected chi connectivity index (χ1v) is 11.2. The number of thioether (sulfide) groups is 1. The molecule has 0 aliphatic rings. The van der Waals surface area contributed by atoms with E-state index in [0.29, 0.717) is 28.8 Å². The number of carbonyl (C=O) groups excluding carboxylic acids is 2. The van der Waals surface area contributed by atoms with Gasteiger partial charge in [0, 0.05) is 12.7 Å². The van der Waals surface area contributed by atoms with Crippen molar-refractivity contribution < 1.29 is 19.1 Å². The van der Waals surface area contributed by atoms with E-state index in [0.717, 1.165) is 17.7 Å². The Morgan fingerprint density at radius 1 is 1.12 bits per heavy atom. The number of aryl methyl sites for hydroxylation is 1. The molecule has 3 rings (SSSR count). The van der Waals surface area contributed by atoms with E-state index >= 15 is 0 Å². The highest BCUT2D eigenvalue weighted by Gasteiger charge is 2.13. The van der Waals surface area contributed by atoms with Crippen molar-refractivity contribution in [1.82, 2.24) is 14.8 Å². The summed E-state index contributed by atoms with van der Waals surface area (Å²) in [5.41, 5.74) is 2.10. The van der Waals surface area contributed by atoms with Crippen molar-refractivity contribution in [1.29, 1.82) is 0 Å². The van der Waals surface area contributed by atoms with Crippen molar-refractivity contribution >= 4 is 29.3 Å². The van der Waals surface area contributed by atoms with Gasteiger partial charge in [0.15, 0.2) is 11.0 Å². The zero-order valence-electron chi connectivity index (χ0n) is 18.3. The molecular weight excluding hydrogens is 428 g/mol. The molecule has 2 aromatic carbocycles. The molecule has 1 heterocycles. The summed E-state index contributed by atoms with van der Waals surface area (Å²) < 4.78 is 12.7. The number of nitrogens with one attached hydrogen (secondary N) is 1. The second kappa shape index (κ2) is 11.3. The molecule has 0 aliphatic heterocycles. The normalized spacial score (nSPS) is 10.6. The Bertz CT molecular complexity index is 1070. The molecule has 0 aliphatic carbocycles. The summed E-state index contributed by atoms with van der Waals surface area (Å²) in [6.07, 6.45) is 0.751. The minimum Gasteiger partial charge on any atom is -0.486 e. The first-order chi connectivity index (χ1) is 15.5. The minimum absolute atomic E-state index is 0.148. The van der Waals surface area contributed by atoms with Crippen LogP contribution in [0.3, 0.4) is 0 Å². The first-order valence-electron chi connectivity index (χ1n) is 10.2. The molecule has 0 radical (unpaired) electrons. The Kier molecular flexibility index (Phi) is 8.27. The first kappa shape index (κ1) is 23.3. The van der Waals surface area contributed by atoms with Crippen molar-refractivity contribution in [3.05, 3.63) is 65.5 Å². The highest BCUT2D eigenvalue weighted by Crippen LogP contribution is 2.19. The minimum atomic E-state index is -0.406. The van der Waals surface area contributed by atoms with Gasteiger partial charge in [-0.25, -0.2) is 4.79 Å². The number of benzene rings is 2. The Balaban J connectivity index is 1.51.